The van der Waals surface area contributed by atoms with Crippen LogP contribution in [0.25, 0.3) is 11.3 Å². The number of aryl methyl sites for hydroxylation is 2. The van der Waals surface area contributed by atoms with E-state index in [1.165, 1.54) is 6.07 Å². The Hall–Kier alpha value is -2.73. The number of hydrogen-bond donors (Lipinski definition) is 2. The summed E-state index contributed by atoms with van der Waals surface area (Å²) >= 11 is 1.59. The van der Waals surface area contributed by atoms with Gasteiger partial charge in [-0.05, 0) is 43.7 Å². The van der Waals surface area contributed by atoms with Gasteiger partial charge in [0.2, 0.25) is 5.91 Å². The molecule has 0 aliphatic carbocycles. The van der Waals surface area contributed by atoms with Crippen LogP contribution >= 0.6 is 11.3 Å². The molecule has 1 amide bonds. The molecule has 0 saturated carbocycles. The fraction of sp³-hybridized carbons (Fsp3) is 0.158. The summed E-state index contributed by atoms with van der Waals surface area (Å²) in [5, 5.41) is 8.74. The van der Waals surface area contributed by atoms with Gasteiger partial charge in [-0.1, -0.05) is 18.2 Å². The number of benzene rings is 2. The average Bonchev–Trinajstić information content (AvgIpc) is 3.03. The van der Waals surface area contributed by atoms with Crippen LogP contribution in [0.3, 0.4) is 0 Å². The van der Waals surface area contributed by atoms with Gasteiger partial charge in [0.15, 0.2) is 0 Å². The van der Waals surface area contributed by atoms with Crippen molar-refractivity contribution < 1.29 is 9.18 Å². The molecular formula is C19H18FN3OS. The Morgan fingerprint density at radius 2 is 2.00 bits per heavy atom. The third kappa shape index (κ3) is 4.42. The van der Waals surface area contributed by atoms with Crippen molar-refractivity contribution in [3.63, 3.8) is 0 Å². The van der Waals surface area contributed by atoms with E-state index in [9.17, 15) is 9.18 Å². The number of carbonyl (C=O) groups excluding carboxylic acids is 1. The maximum atomic E-state index is 13.5. The highest BCUT2D eigenvalue weighted by atomic mass is 32.1. The number of rotatable bonds is 5. The lowest BCUT2D eigenvalue weighted by Crippen LogP contribution is -2.21. The molecule has 0 aliphatic rings. The molecule has 0 atom stereocenters. The van der Waals surface area contributed by atoms with Crippen molar-refractivity contribution in [2.45, 2.75) is 13.8 Å². The maximum Gasteiger partial charge on any atom is 0.243 e. The van der Waals surface area contributed by atoms with Gasteiger partial charge in [0, 0.05) is 22.3 Å². The van der Waals surface area contributed by atoms with Crippen LogP contribution in [0.4, 0.5) is 15.8 Å². The van der Waals surface area contributed by atoms with E-state index < -0.39 is 0 Å². The van der Waals surface area contributed by atoms with Crippen LogP contribution in [-0.4, -0.2) is 17.4 Å². The molecule has 1 aromatic heterocycles. The average molecular weight is 355 g/mol. The first kappa shape index (κ1) is 17.1. The summed E-state index contributed by atoms with van der Waals surface area (Å²) in [7, 11) is 0. The number of thiazole rings is 1. The number of amides is 1. The Kier molecular flexibility index (Phi) is 5.09. The lowest BCUT2D eigenvalue weighted by atomic mass is 10.1. The highest BCUT2D eigenvalue weighted by Gasteiger charge is 2.07. The van der Waals surface area contributed by atoms with Gasteiger partial charge in [0.25, 0.3) is 0 Å². The summed E-state index contributed by atoms with van der Waals surface area (Å²) in [6.07, 6.45) is 0. The summed E-state index contributed by atoms with van der Waals surface area (Å²) in [5.74, 6) is -0.496. The highest BCUT2D eigenvalue weighted by Crippen LogP contribution is 2.24. The summed E-state index contributed by atoms with van der Waals surface area (Å²) in [5.41, 5.74) is 3.70. The zero-order valence-electron chi connectivity index (χ0n) is 14.0. The molecule has 25 heavy (non-hydrogen) atoms. The fourth-order valence-corrected chi connectivity index (χ4v) is 2.96. The molecule has 0 spiro atoms. The van der Waals surface area contributed by atoms with Crippen molar-refractivity contribution >= 4 is 28.6 Å². The summed E-state index contributed by atoms with van der Waals surface area (Å²) in [4.78, 5) is 16.6. The van der Waals surface area contributed by atoms with Crippen LogP contribution in [0.5, 0.6) is 0 Å². The van der Waals surface area contributed by atoms with Crippen molar-refractivity contribution in [1.82, 2.24) is 4.98 Å². The molecule has 3 rings (SSSR count). The highest BCUT2D eigenvalue weighted by molar-refractivity contribution is 7.09. The molecule has 2 N–H and O–H groups in total. The summed E-state index contributed by atoms with van der Waals surface area (Å²) in [6.45, 7) is 3.71. The van der Waals surface area contributed by atoms with E-state index in [-0.39, 0.29) is 18.3 Å². The largest absolute Gasteiger partial charge is 0.376 e. The van der Waals surface area contributed by atoms with Gasteiger partial charge in [-0.3, -0.25) is 4.79 Å². The number of nitrogens with zero attached hydrogens (tertiary/aromatic N) is 1. The second-order valence-corrected chi connectivity index (χ2v) is 6.76. The minimum absolute atomic E-state index is 0.0581. The molecule has 2 aromatic carbocycles. The van der Waals surface area contributed by atoms with Crippen LogP contribution < -0.4 is 10.6 Å². The minimum Gasteiger partial charge on any atom is -0.376 e. The Labute approximate surface area is 149 Å². The van der Waals surface area contributed by atoms with Gasteiger partial charge in [0.1, 0.15) is 5.82 Å². The number of aromatic nitrogens is 1. The van der Waals surface area contributed by atoms with Gasteiger partial charge in [-0.25, -0.2) is 9.37 Å². The Morgan fingerprint density at radius 3 is 2.72 bits per heavy atom. The summed E-state index contributed by atoms with van der Waals surface area (Å²) in [6, 6.07) is 12.4. The third-order valence-electron chi connectivity index (χ3n) is 3.69. The second kappa shape index (κ2) is 7.44. The SMILES string of the molecule is Cc1nc(-c2cccc(NC(=O)CNc3ccc(C)c(F)c3)c2)cs1. The first-order chi connectivity index (χ1) is 12.0. The van der Waals surface area contributed by atoms with Crippen molar-refractivity contribution in [3.8, 4) is 11.3 Å². The normalized spacial score (nSPS) is 10.5. The topological polar surface area (TPSA) is 54.0 Å². The molecule has 0 fully saturated rings. The molecule has 0 aliphatic heterocycles. The Bertz CT molecular complexity index is 907. The quantitative estimate of drug-likeness (QED) is 0.702. The molecule has 0 bridgehead atoms. The molecule has 128 valence electrons. The fourth-order valence-electron chi connectivity index (χ4n) is 2.34. The van der Waals surface area contributed by atoms with Gasteiger partial charge in [-0.2, -0.15) is 0 Å². The summed E-state index contributed by atoms with van der Waals surface area (Å²) < 4.78 is 13.5. The number of carbonyl (C=O) groups is 1. The van der Waals surface area contributed by atoms with Gasteiger partial charge < -0.3 is 10.6 Å². The molecular weight excluding hydrogens is 337 g/mol. The lowest BCUT2D eigenvalue weighted by Gasteiger charge is -2.09. The van der Waals surface area contributed by atoms with E-state index in [1.54, 1.807) is 30.4 Å². The second-order valence-electron chi connectivity index (χ2n) is 5.70. The van der Waals surface area contributed by atoms with Crippen LogP contribution in [0.2, 0.25) is 0 Å². The van der Waals surface area contributed by atoms with Gasteiger partial charge >= 0.3 is 0 Å². The monoisotopic (exact) mass is 355 g/mol. The molecule has 6 heteroatoms. The van der Waals surface area contributed by atoms with E-state index in [0.29, 0.717) is 16.9 Å². The molecule has 3 aromatic rings. The Balaban J connectivity index is 1.62. The van der Waals surface area contributed by atoms with E-state index in [2.05, 4.69) is 15.6 Å². The number of halogens is 1. The van der Waals surface area contributed by atoms with Crippen molar-refractivity contribution in [1.29, 1.82) is 0 Å². The molecule has 1 heterocycles. The van der Waals surface area contributed by atoms with Crippen LogP contribution in [0, 0.1) is 19.7 Å². The minimum atomic E-state index is -0.295. The molecule has 4 nitrogen and oxygen atoms in total. The van der Waals surface area contributed by atoms with E-state index in [0.717, 1.165) is 16.3 Å². The maximum absolute atomic E-state index is 13.5. The van der Waals surface area contributed by atoms with Crippen molar-refractivity contribution in [3.05, 3.63) is 64.2 Å². The smallest absolute Gasteiger partial charge is 0.243 e. The van der Waals surface area contributed by atoms with Crippen molar-refractivity contribution in [2.24, 2.45) is 0 Å². The van der Waals surface area contributed by atoms with Gasteiger partial charge in [0.05, 0.1) is 17.2 Å². The first-order valence-corrected chi connectivity index (χ1v) is 8.71. The zero-order valence-corrected chi connectivity index (χ0v) is 14.8. The van der Waals surface area contributed by atoms with Crippen LogP contribution in [0.1, 0.15) is 10.6 Å². The van der Waals surface area contributed by atoms with Crippen LogP contribution in [-0.2, 0) is 4.79 Å². The van der Waals surface area contributed by atoms with Crippen molar-refractivity contribution in [2.75, 3.05) is 17.2 Å². The van der Waals surface area contributed by atoms with E-state index in [1.807, 2.05) is 36.6 Å². The van der Waals surface area contributed by atoms with E-state index in [4.69, 9.17) is 0 Å². The number of nitrogens with one attached hydrogen (secondary N) is 2. The Morgan fingerprint density at radius 1 is 1.16 bits per heavy atom. The lowest BCUT2D eigenvalue weighted by molar-refractivity contribution is -0.114. The van der Waals surface area contributed by atoms with Crippen LogP contribution in [0.15, 0.2) is 47.8 Å². The van der Waals surface area contributed by atoms with Gasteiger partial charge in [-0.15, -0.1) is 11.3 Å². The molecule has 0 unspecified atom stereocenters. The standard InChI is InChI=1S/C19H18FN3OS/c1-12-6-7-15(9-17(12)20)21-10-19(24)23-16-5-3-4-14(8-16)18-11-25-13(2)22-18/h3-9,11,21H,10H2,1-2H3,(H,23,24). The van der Waals surface area contributed by atoms with E-state index >= 15 is 0 Å². The molecule has 0 radical (unpaired) electrons. The number of anilines is 2. The number of hydrogen-bond acceptors (Lipinski definition) is 4. The first-order valence-electron chi connectivity index (χ1n) is 7.84. The predicted octanol–water partition coefficient (Wildman–Crippen LogP) is 4.62. The predicted molar refractivity (Wildman–Crippen MR) is 101 cm³/mol. The zero-order chi connectivity index (χ0) is 17.8. The third-order valence-corrected chi connectivity index (χ3v) is 4.46. The molecule has 0 saturated heterocycles.